The van der Waals surface area contributed by atoms with Crippen LogP contribution >= 0.6 is 0 Å². The van der Waals surface area contributed by atoms with Crippen molar-refractivity contribution in [3.05, 3.63) is 95.8 Å². The molecule has 0 atom stereocenters. The van der Waals surface area contributed by atoms with Crippen LogP contribution < -0.4 is 4.74 Å². The minimum absolute atomic E-state index is 0.162. The van der Waals surface area contributed by atoms with E-state index >= 15 is 0 Å². The van der Waals surface area contributed by atoms with Crippen LogP contribution in [0.2, 0.25) is 0 Å². The fraction of sp³-hybridized carbons (Fsp3) is 0.250. The highest BCUT2D eigenvalue weighted by Gasteiger charge is 1.94. The first-order chi connectivity index (χ1) is 12.6. The largest absolute Gasteiger partial charge is 0.457 e. The molecule has 3 aromatic rings. The fourth-order valence-electron chi connectivity index (χ4n) is 1.84. The lowest BCUT2D eigenvalue weighted by Crippen LogP contribution is -1.82. The second-order valence-electron chi connectivity index (χ2n) is 5.03. The van der Waals surface area contributed by atoms with Gasteiger partial charge in [0, 0.05) is 0 Å². The van der Waals surface area contributed by atoms with Crippen molar-refractivity contribution in [3.8, 4) is 11.5 Å². The molecule has 0 aliphatic heterocycles. The summed E-state index contributed by atoms with van der Waals surface area (Å²) in [7, 11) is 0. The molecular weight excluding hydrogens is 323 g/mol. The Balaban J connectivity index is 0.000000444. The maximum atomic E-state index is 12.2. The molecule has 140 valence electrons. The van der Waals surface area contributed by atoms with E-state index in [1.54, 1.807) is 6.07 Å². The van der Waals surface area contributed by atoms with Gasteiger partial charge in [-0.1, -0.05) is 75.7 Å². The lowest BCUT2D eigenvalue weighted by atomic mass is 10.2. The van der Waals surface area contributed by atoms with Crippen molar-refractivity contribution in [1.29, 1.82) is 0 Å². The zero-order chi connectivity index (χ0) is 19.8. The minimum Gasteiger partial charge on any atom is -0.457 e. The molecule has 0 aliphatic rings. The second-order valence-corrected chi connectivity index (χ2v) is 5.03. The van der Waals surface area contributed by atoms with Gasteiger partial charge in [-0.05, 0) is 55.8 Å². The van der Waals surface area contributed by atoms with E-state index in [4.69, 9.17) is 4.74 Å². The molecule has 1 nitrogen and oxygen atoms in total. The lowest BCUT2D eigenvalue weighted by molar-refractivity contribution is 0.482. The van der Waals surface area contributed by atoms with Crippen LogP contribution in [0.25, 0.3) is 0 Å². The van der Waals surface area contributed by atoms with Gasteiger partial charge in [0.1, 0.15) is 17.3 Å². The van der Waals surface area contributed by atoms with Crippen molar-refractivity contribution in [3.63, 3.8) is 0 Å². The van der Waals surface area contributed by atoms with Crippen LogP contribution in [0.1, 0.15) is 38.8 Å². The van der Waals surface area contributed by atoms with Gasteiger partial charge < -0.3 is 4.74 Å². The molecule has 0 aromatic heterocycles. The van der Waals surface area contributed by atoms with Crippen molar-refractivity contribution >= 4 is 0 Å². The van der Waals surface area contributed by atoms with Gasteiger partial charge >= 0.3 is 0 Å². The van der Waals surface area contributed by atoms with Crippen molar-refractivity contribution in [2.75, 3.05) is 0 Å². The van der Waals surface area contributed by atoms with E-state index in [9.17, 15) is 4.39 Å². The Morgan fingerprint density at radius 2 is 1.12 bits per heavy atom. The monoisotopic (exact) mass is 354 g/mol. The predicted octanol–water partition coefficient (Wildman–Crippen LogP) is 7.97. The van der Waals surface area contributed by atoms with E-state index in [0.29, 0.717) is 0 Å². The summed E-state index contributed by atoms with van der Waals surface area (Å²) in [6.45, 7) is 11.9. The van der Waals surface area contributed by atoms with Gasteiger partial charge in [0.15, 0.2) is 0 Å². The van der Waals surface area contributed by atoms with Crippen LogP contribution in [0.5, 0.6) is 11.5 Å². The first kappa shape index (κ1) is 23.4. The highest BCUT2D eigenvalue weighted by atomic mass is 19.1. The third kappa shape index (κ3) is 10.3. The normalized spacial score (nSPS) is 8.58. The standard InChI is InChI=1S/C13H12O.C7H7F.2C2H6/c1-11-7-9-13(10-8-11)14-12-5-3-2-4-6-12;1-6-3-2-4-7(8)5-6;2*1-2/h2-10H,1H3;2-5H,1H3;2*1-2H3. The Hall–Kier alpha value is -2.61. The van der Waals surface area contributed by atoms with Crippen molar-refractivity contribution in [1.82, 2.24) is 0 Å². The SMILES string of the molecule is CC.CC.Cc1ccc(Oc2ccccc2)cc1.Cc1cccc(F)c1. The smallest absolute Gasteiger partial charge is 0.127 e. The van der Waals surface area contributed by atoms with Gasteiger partial charge in [-0.15, -0.1) is 0 Å². The molecule has 0 N–H and O–H groups in total. The van der Waals surface area contributed by atoms with Gasteiger partial charge in [0.05, 0.1) is 0 Å². The van der Waals surface area contributed by atoms with E-state index < -0.39 is 0 Å². The summed E-state index contributed by atoms with van der Waals surface area (Å²) in [4.78, 5) is 0. The first-order valence-corrected chi connectivity index (χ1v) is 9.15. The molecule has 0 radical (unpaired) electrons. The molecule has 0 aliphatic carbocycles. The number of benzene rings is 3. The van der Waals surface area contributed by atoms with Gasteiger partial charge in [-0.25, -0.2) is 4.39 Å². The predicted molar refractivity (Wildman–Crippen MR) is 112 cm³/mol. The summed E-state index contributed by atoms with van der Waals surface area (Å²) >= 11 is 0. The van der Waals surface area contributed by atoms with E-state index in [0.717, 1.165) is 17.1 Å². The number of hydrogen-bond donors (Lipinski definition) is 0. The summed E-state index contributed by atoms with van der Waals surface area (Å²) in [6, 6.07) is 24.3. The minimum atomic E-state index is -0.162. The second kappa shape index (κ2) is 14.7. The van der Waals surface area contributed by atoms with Gasteiger partial charge in [0.25, 0.3) is 0 Å². The molecule has 0 spiro atoms. The molecular formula is C24H31FO. The molecule has 0 saturated heterocycles. The Morgan fingerprint density at radius 1 is 0.577 bits per heavy atom. The van der Waals surface area contributed by atoms with Gasteiger partial charge in [-0.2, -0.15) is 0 Å². The summed E-state index contributed by atoms with van der Waals surface area (Å²) in [5.41, 5.74) is 2.20. The Morgan fingerprint density at radius 3 is 1.58 bits per heavy atom. The Bertz CT molecular complexity index is 674. The Kier molecular flexibility index (Phi) is 13.2. The van der Waals surface area contributed by atoms with Crippen molar-refractivity contribution in [2.45, 2.75) is 41.5 Å². The number of ether oxygens (including phenoxy) is 1. The van der Waals surface area contributed by atoms with Gasteiger partial charge in [-0.3, -0.25) is 0 Å². The van der Waals surface area contributed by atoms with Crippen LogP contribution in [0, 0.1) is 19.7 Å². The highest BCUT2D eigenvalue weighted by Crippen LogP contribution is 2.20. The molecule has 3 rings (SSSR count). The van der Waals surface area contributed by atoms with E-state index in [1.165, 1.54) is 17.7 Å². The Labute approximate surface area is 158 Å². The molecule has 0 fully saturated rings. The van der Waals surface area contributed by atoms with E-state index in [-0.39, 0.29) is 5.82 Å². The maximum absolute atomic E-state index is 12.2. The average molecular weight is 355 g/mol. The maximum Gasteiger partial charge on any atom is 0.127 e. The molecule has 2 heteroatoms. The number of rotatable bonds is 2. The van der Waals surface area contributed by atoms with Crippen LogP contribution in [-0.2, 0) is 0 Å². The van der Waals surface area contributed by atoms with Gasteiger partial charge in [0.2, 0.25) is 0 Å². The van der Waals surface area contributed by atoms with Crippen molar-refractivity contribution < 1.29 is 9.13 Å². The van der Waals surface area contributed by atoms with Crippen LogP contribution in [0.15, 0.2) is 78.9 Å². The molecule has 0 amide bonds. The third-order valence-electron chi connectivity index (χ3n) is 2.98. The first-order valence-electron chi connectivity index (χ1n) is 9.15. The lowest BCUT2D eigenvalue weighted by Gasteiger charge is -2.04. The van der Waals surface area contributed by atoms with Crippen LogP contribution in [0.4, 0.5) is 4.39 Å². The summed E-state index contributed by atoms with van der Waals surface area (Å²) in [5.74, 6) is 1.59. The summed E-state index contributed by atoms with van der Waals surface area (Å²) < 4.78 is 17.8. The van der Waals surface area contributed by atoms with E-state index in [2.05, 4.69) is 6.92 Å². The molecule has 0 saturated carbocycles. The zero-order valence-electron chi connectivity index (χ0n) is 16.8. The third-order valence-corrected chi connectivity index (χ3v) is 2.98. The van der Waals surface area contributed by atoms with E-state index in [1.807, 2.05) is 95.3 Å². The molecule has 3 aromatic carbocycles. The summed E-state index contributed by atoms with van der Waals surface area (Å²) in [5, 5.41) is 0. The molecule has 26 heavy (non-hydrogen) atoms. The molecule has 0 heterocycles. The topological polar surface area (TPSA) is 9.23 Å². The molecule has 0 unspecified atom stereocenters. The van der Waals surface area contributed by atoms with Crippen LogP contribution in [-0.4, -0.2) is 0 Å². The quantitative estimate of drug-likeness (QED) is 0.453. The fourth-order valence-corrected chi connectivity index (χ4v) is 1.84. The van der Waals surface area contributed by atoms with Crippen molar-refractivity contribution in [2.24, 2.45) is 0 Å². The average Bonchev–Trinajstić information content (AvgIpc) is 2.68. The van der Waals surface area contributed by atoms with Crippen LogP contribution in [0.3, 0.4) is 0 Å². The number of para-hydroxylation sites is 1. The summed E-state index contributed by atoms with van der Waals surface area (Å²) in [6.07, 6.45) is 0. The number of hydrogen-bond acceptors (Lipinski definition) is 1. The molecule has 0 bridgehead atoms. The zero-order valence-corrected chi connectivity index (χ0v) is 16.8. The number of aryl methyl sites for hydroxylation is 2. The number of halogens is 1. The highest BCUT2D eigenvalue weighted by molar-refractivity contribution is 5.32.